The number of carboxylic acid groups (broad SMARTS) is 1. The number of anilines is 1. The molecular weight excluding hydrogens is 227 g/mol. The molecule has 1 aromatic rings. The van der Waals surface area contributed by atoms with E-state index in [0.29, 0.717) is 5.69 Å². The quantitative estimate of drug-likeness (QED) is 0.773. The second-order valence-electron chi connectivity index (χ2n) is 3.75. The van der Waals surface area contributed by atoms with Gasteiger partial charge in [0.25, 0.3) is 0 Å². The largest absolute Gasteiger partial charge is 0.480 e. The molecule has 1 aromatic carbocycles. The highest BCUT2D eigenvalue weighted by Gasteiger charge is 2.30. The average Bonchev–Trinajstić information content (AvgIpc) is 2.31. The second kappa shape index (κ2) is 4.50. The Labute approximate surface area is 96.8 Å². The number of halogens is 1. The first-order chi connectivity index (χ1) is 8.08. The summed E-state index contributed by atoms with van der Waals surface area (Å²) in [6.07, 6.45) is 0. The number of nitrogens with zero attached hydrogens (tertiary/aromatic N) is 1. The minimum Gasteiger partial charge on any atom is -0.480 e. The topological polar surface area (TPSA) is 69.6 Å². The number of hydrogen-bond donors (Lipinski definition) is 2. The van der Waals surface area contributed by atoms with E-state index in [-0.39, 0.29) is 19.0 Å². The van der Waals surface area contributed by atoms with Crippen LogP contribution in [0.3, 0.4) is 0 Å². The SMILES string of the molecule is O=C(O)C1CN(c2ccc(F)cc2)C(=O)CN1. The molecule has 1 aliphatic rings. The van der Waals surface area contributed by atoms with Crippen molar-refractivity contribution in [3.05, 3.63) is 30.1 Å². The van der Waals surface area contributed by atoms with Gasteiger partial charge in [-0.2, -0.15) is 0 Å². The summed E-state index contributed by atoms with van der Waals surface area (Å²) in [6, 6.07) is 4.59. The van der Waals surface area contributed by atoms with Gasteiger partial charge in [-0.1, -0.05) is 0 Å². The van der Waals surface area contributed by atoms with Gasteiger partial charge in [-0.25, -0.2) is 4.39 Å². The number of rotatable bonds is 2. The van der Waals surface area contributed by atoms with E-state index in [0.717, 1.165) is 0 Å². The molecule has 0 saturated carbocycles. The van der Waals surface area contributed by atoms with Crippen molar-refractivity contribution in [2.45, 2.75) is 6.04 Å². The molecule has 1 amide bonds. The van der Waals surface area contributed by atoms with Gasteiger partial charge >= 0.3 is 5.97 Å². The molecule has 1 aliphatic heterocycles. The Hall–Kier alpha value is -1.95. The number of aliphatic carboxylic acids is 1. The van der Waals surface area contributed by atoms with Crippen LogP contribution in [0.2, 0.25) is 0 Å². The van der Waals surface area contributed by atoms with Gasteiger partial charge < -0.3 is 10.0 Å². The zero-order valence-electron chi connectivity index (χ0n) is 8.89. The highest BCUT2D eigenvalue weighted by atomic mass is 19.1. The Kier molecular flexibility index (Phi) is 3.06. The highest BCUT2D eigenvalue weighted by molar-refractivity contribution is 5.97. The van der Waals surface area contributed by atoms with Crippen LogP contribution in [-0.4, -0.2) is 36.1 Å². The molecule has 2 rings (SSSR count). The molecule has 1 atom stereocenters. The number of piperazine rings is 1. The predicted octanol–water partition coefficient (Wildman–Crippen LogP) is 0.215. The maximum absolute atomic E-state index is 12.7. The summed E-state index contributed by atoms with van der Waals surface area (Å²) in [4.78, 5) is 23.8. The Morgan fingerprint density at radius 2 is 2.06 bits per heavy atom. The number of carbonyl (C=O) groups is 2. The average molecular weight is 238 g/mol. The number of amides is 1. The second-order valence-corrected chi connectivity index (χ2v) is 3.75. The Morgan fingerprint density at radius 1 is 1.41 bits per heavy atom. The minimum atomic E-state index is -1.01. The minimum absolute atomic E-state index is 0.0334. The Bertz CT molecular complexity index is 447. The van der Waals surface area contributed by atoms with Gasteiger partial charge in [-0.3, -0.25) is 14.9 Å². The summed E-state index contributed by atoms with van der Waals surface area (Å²) >= 11 is 0. The predicted molar refractivity (Wildman–Crippen MR) is 58.2 cm³/mol. The summed E-state index contributed by atoms with van der Waals surface area (Å²) in [5, 5.41) is 11.5. The Morgan fingerprint density at radius 3 is 2.65 bits per heavy atom. The highest BCUT2D eigenvalue weighted by Crippen LogP contribution is 2.17. The van der Waals surface area contributed by atoms with Crippen LogP contribution in [-0.2, 0) is 9.59 Å². The third-order valence-electron chi connectivity index (χ3n) is 2.60. The number of hydrogen-bond acceptors (Lipinski definition) is 3. The number of carboxylic acids is 1. The van der Waals surface area contributed by atoms with Crippen LogP contribution in [0, 0.1) is 5.82 Å². The molecule has 2 N–H and O–H groups in total. The van der Waals surface area contributed by atoms with Gasteiger partial charge in [0, 0.05) is 5.69 Å². The first-order valence-electron chi connectivity index (χ1n) is 5.10. The zero-order chi connectivity index (χ0) is 12.4. The maximum Gasteiger partial charge on any atom is 0.322 e. The van der Waals surface area contributed by atoms with Crippen LogP contribution in [0.4, 0.5) is 10.1 Å². The lowest BCUT2D eigenvalue weighted by Crippen LogP contribution is -2.57. The molecule has 0 spiro atoms. The van der Waals surface area contributed by atoms with E-state index in [9.17, 15) is 14.0 Å². The van der Waals surface area contributed by atoms with Crippen LogP contribution in [0.15, 0.2) is 24.3 Å². The van der Waals surface area contributed by atoms with Gasteiger partial charge in [0.2, 0.25) is 5.91 Å². The van der Waals surface area contributed by atoms with E-state index in [1.807, 2.05) is 0 Å². The summed E-state index contributed by atoms with van der Waals surface area (Å²) in [7, 11) is 0. The van der Waals surface area contributed by atoms with Crippen molar-refractivity contribution in [3.8, 4) is 0 Å². The smallest absolute Gasteiger partial charge is 0.322 e. The number of nitrogens with one attached hydrogen (secondary N) is 1. The fraction of sp³-hybridized carbons (Fsp3) is 0.273. The van der Waals surface area contributed by atoms with Crippen molar-refractivity contribution in [1.29, 1.82) is 0 Å². The molecule has 90 valence electrons. The van der Waals surface area contributed by atoms with Crippen LogP contribution < -0.4 is 10.2 Å². The number of benzene rings is 1. The lowest BCUT2D eigenvalue weighted by Gasteiger charge is -2.31. The van der Waals surface area contributed by atoms with Crippen molar-refractivity contribution >= 4 is 17.6 Å². The molecule has 1 fully saturated rings. The van der Waals surface area contributed by atoms with Crippen molar-refractivity contribution in [3.63, 3.8) is 0 Å². The van der Waals surface area contributed by atoms with E-state index >= 15 is 0 Å². The summed E-state index contributed by atoms with van der Waals surface area (Å²) in [5.74, 6) is -1.63. The first-order valence-corrected chi connectivity index (χ1v) is 5.10. The molecule has 5 nitrogen and oxygen atoms in total. The van der Waals surface area contributed by atoms with Gasteiger partial charge in [-0.05, 0) is 24.3 Å². The maximum atomic E-state index is 12.7. The van der Waals surface area contributed by atoms with Crippen molar-refractivity contribution in [2.75, 3.05) is 18.0 Å². The molecule has 6 heteroatoms. The van der Waals surface area contributed by atoms with Crippen LogP contribution in [0.5, 0.6) is 0 Å². The molecule has 1 heterocycles. The van der Waals surface area contributed by atoms with E-state index in [2.05, 4.69) is 5.32 Å². The molecule has 1 saturated heterocycles. The molecule has 0 bridgehead atoms. The van der Waals surface area contributed by atoms with Crippen LogP contribution >= 0.6 is 0 Å². The van der Waals surface area contributed by atoms with Gasteiger partial charge in [-0.15, -0.1) is 0 Å². The van der Waals surface area contributed by atoms with Crippen molar-refractivity contribution in [2.24, 2.45) is 0 Å². The first kappa shape index (κ1) is 11.5. The van der Waals surface area contributed by atoms with Gasteiger partial charge in [0.15, 0.2) is 0 Å². The van der Waals surface area contributed by atoms with Crippen molar-refractivity contribution < 1.29 is 19.1 Å². The van der Waals surface area contributed by atoms with E-state index in [1.165, 1.54) is 29.2 Å². The molecule has 0 aromatic heterocycles. The monoisotopic (exact) mass is 238 g/mol. The van der Waals surface area contributed by atoms with Crippen LogP contribution in [0.25, 0.3) is 0 Å². The Balaban J connectivity index is 2.20. The molecular formula is C11H11FN2O3. The molecule has 0 radical (unpaired) electrons. The summed E-state index contributed by atoms with van der Waals surface area (Å²) in [5.41, 5.74) is 0.504. The summed E-state index contributed by atoms with van der Waals surface area (Å²) < 4.78 is 12.7. The van der Waals surface area contributed by atoms with Gasteiger partial charge in [0.1, 0.15) is 11.9 Å². The summed E-state index contributed by atoms with van der Waals surface area (Å²) in [6.45, 7) is 0.00808. The van der Waals surface area contributed by atoms with Crippen LogP contribution in [0.1, 0.15) is 0 Å². The third-order valence-corrected chi connectivity index (χ3v) is 2.60. The lowest BCUT2D eigenvalue weighted by molar-refractivity contribution is -0.139. The van der Waals surface area contributed by atoms with E-state index < -0.39 is 17.8 Å². The van der Waals surface area contributed by atoms with E-state index in [1.54, 1.807) is 0 Å². The normalized spacial score (nSPS) is 20.4. The molecule has 17 heavy (non-hydrogen) atoms. The van der Waals surface area contributed by atoms with Gasteiger partial charge in [0.05, 0.1) is 13.1 Å². The fourth-order valence-electron chi connectivity index (χ4n) is 1.69. The fourth-order valence-corrected chi connectivity index (χ4v) is 1.69. The molecule has 0 aliphatic carbocycles. The van der Waals surface area contributed by atoms with Crippen molar-refractivity contribution in [1.82, 2.24) is 5.32 Å². The third kappa shape index (κ3) is 2.42. The zero-order valence-corrected chi connectivity index (χ0v) is 8.89. The lowest BCUT2D eigenvalue weighted by atomic mass is 10.1. The standard InChI is InChI=1S/C11H11FN2O3/c12-7-1-3-8(4-2-7)14-6-9(11(16)17)13-5-10(14)15/h1-4,9,13H,5-6H2,(H,16,17). The number of carbonyl (C=O) groups excluding carboxylic acids is 1. The molecule has 1 unspecified atom stereocenters. The van der Waals surface area contributed by atoms with E-state index in [4.69, 9.17) is 5.11 Å².